The molecule has 32 heavy (non-hydrogen) atoms. The highest BCUT2D eigenvalue weighted by atomic mass is 35.5. The zero-order valence-electron chi connectivity index (χ0n) is 17.5. The first-order valence-corrected chi connectivity index (χ1v) is 11.3. The predicted molar refractivity (Wildman–Crippen MR) is 127 cm³/mol. The Morgan fingerprint density at radius 3 is 2.50 bits per heavy atom. The normalized spacial score (nSPS) is 14.3. The third-order valence-corrected chi connectivity index (χ3v) is 6.20. The number of H-pyrrole nitrogens is 1. The van der Waals surface area contributed by atoms with Crippen molar-refractivity contribution in [2.75, 3.05) is 32.7 Å². The Morgan fingerprint density at radius 2 is 1.81 bits per heavy atom. The van der Waals surface area contributed by atoms with Gasteiger partial charge in [-0.25, -0.2) is 0 Å². The fraction of sp³-hybridized carbons (Fsp3) is 0.292. The van der Waals surface area contributed by atoms with Crippen molar-refractivity contribution in [2.45, 2.75) is 12.8 Å². The molecule has 1 aliphatic rings. The van der Waals surface area contributed by atoms with E-state index in [-0.39, 0.29) is 5.91 Å². The van der Waals surface area contributed by atoms with Crippen LogP contribution in [0, 0.1) is 11.3 Å². The lowest BCUT2D eigenvalue weighted by Gasteiger charge is -2.34. The van der Waals surface area contributed by atoms with Crippen molar-refractivity contribution in [2.24, 2.45) is 0 Å². The molecule has 1 N–H and O–H groups in total. The minimum atomic E-state index is 0.0453. The summed E-state index contributed by atoms with van der Waals surface area (Å²) in [6.07, 6.45) is 1.46. The Morgan fingerprint density at radius 1 is 1.06 bits per heavy atom. The van der Waals surface area contributed by atoms with Crippen LogP contribution in [-0.4, -0.2) is 58.6 Å². The van der Waals surface area contributed by atoms with Crippen LogP contribution in [0.15, 0.2) is 48.5 Å². The Bertz CT molecular complexity index is 1130. The number of nitrogens with one attached hydrogen (secondary N) is 1. The van der Waals surface area contributed by atoms with E-state index in [4.69, 9.17) is 28.5 Å². The van der Waals surface area contributed by atoms with Crippen molar-refractivity contribution in [3.8, 4) is 28.6 Å². The van der Waals surface area contributed by atoms with Crippen molar-refractivity contribution in [1.29, 1.82) is 5.26 Å². The molecule has 0 atom stereocenters. The van der Waals surface area contributed by atoms with Crippen LogP contribution in [0.1, 0.15) is 23.2 Å². The van der Waals surface area contributed by atoms with E-state index in [9.17, 15) is 4.79 Å². The van der Waals surface area contributed by atoms with Gasteiger partial charge in [0, 0.05) is 54.3 Å². The first-order chi connectivity index (χ1) is 15.5. The molecule has 1 fully saturated rings. The van der Waals surface area contributed by atoms with E-state index in [2.05, 4.69) is 21.2 Å². The number of carbonyl (C=O) groups is 1. The van der Waals surface area contributed by atoms with E-state index >= 15 is 0 Å². The largest absolute Gasteiger partial charge is 0.336 e. The molecule has 6 nitrogen and oxygen atoms in total. The fourth-order valence-corrected chi connectivity index (χ4v) is 4.35. The molecular formula is C24H23Cl2N5O. The second-order valence-corrected chi connectivity index (χ2v) is 8.61. The lowest BCUT2D eigenvalue weighted by atomic mass is 10.1. The number of amides is 1. The number of hydrogen-bond acceptors (Lipinski definition) is 4. The minimum absolute atomic E-state index is 0.0453. The summed E-state index contributed by atoms with van der Waals surface area (Å²) < 4.78 is 0. The fourth-order valence-electron chi connectivity index (χ4n) is 3.84. The third kappa shape index (κ3) is 5.13. The van der Waals surface area contributed by atoms with Crippen molar-refractivity contribution in [3.63, 3.8) is 0 Å². The molecule has 0 spiro atoms. The van der Waals surface area contributed by atoms with Crippen molar-refractivity contribution < 1.29 is 4.79 Å². The summed E-state index contributed by atoms with van der Waals surface area (Å²) >= 11 is 12.3. The maximum absolute atomic E-state index is 12.9. The van der Waals surface area contributed by atoms with Crippen LogP contribution in [0.5, 0.6) is 0 Å². The van der Waals surface area contributed by atoms with Crippen LogP contribution >= 0.6 is 23.2 Å². The maximum Gasteiger partial charge on any atom is 0.253 e. The number of unbranched alkanes of at least 4 members (excludes halogenated alkanes) is 1. The standard InChI is InChI=1S/C24H23Cl2N5O/c25-19-7-8-20(21(26)15-19)23-16-22(28-29-23)17-3-5-18(6-4-17)24(32)31-13-11-30(12-14-31)10-2-1-9-27/h3-8,15-16H,1-2,10-14H2,(H,28,29). The zero-order valence-corrected chi connectivity index (χ0v) is 19.0. The smallest absolute Gasteiger partial charge is 0.253 e. The predicted octanol–water partition coefficient (Wildman–Crippen LogP) is 5.11. The zero-order chi connectivity index (χ0) is 22.5. The van der Waals surface area contributed by atoms with E-state index in [1.165, 1.54) is 0 Å². The van der Waals surface area contributed by atoms with E-state index in [1.807, 2.05) is 41.3 Å². The number of carbonyl (C=O) groups excluding carboxylic acids is 1. The molecule has 2 heterocycles. The highest BCUT2D eigenvalue weighted by Crippen LogP contribution is 2.31. The molecule has 1 aliphatic heterocycles. The van der Waals surface area contributed by atoms with Gasteiger partial charge in [-0.05, 0) is 49.4 Å². The van der Waals surface area contributed by atoms with E-state index in [0.29, 0.717) is 35.1 Å². The number of aromatic nitrogens is 2. The Kier molecular flexibility index (Phi) is 7.11. The summed E-state index contributed by atoms with van der Waals surface area (Å²) in [5.74, 6) is 0.0453. The molecule has 3 aromatic rings. The molecular weight excluding hydrogens is 445 g/mol. The molecule has 1 aromatic heterocycles. The highest BCUT2D eigenvalue weighted by Gasteiger charge is 2.22. The lowest BCUT2D eigenvalue weighted by Crippen LogP contribution is -2.48. The number of rotatable bonds is 6. The van der Waals surface area contributed by atoms with E-state index < -0.39 is 0 Å². The summed E-state index contributed by atoms with van der Waals surface area (Å²) in [5, 5.41) is 17.2. The van der Waals surface area contributed by atoms with Gasteiger partial charge < -0.3 is 4.90 Å². The number of nitriles is 1. The first kappa shape index (κ1) is 22.3. The summed E-state index contributed by atoms with van der Waals surface area (Å²) in [5.41, 5.74) is 3.98. The second-order valence-electron chi connectivity index (χ2n) is 7.76. The molecule has 0 unspecified atom stereocenters. The van der Waals surface area contributed by atoms with Crippen molar-refractivity contribution in [3.05, 3.63) is 64.1 Å². The van der Waals surface area contributed by atoms with Gasteiger partial charge in [-0.1, -0.05) is 35.3 Å². The average molecular weight is 468 g/mol. The molecule has 0 bridgehead atoms. The molecule has 1 amide bonds. The lowest BCUT2D eigenvalue weighted by molar-refractivity contribution is 0.0636. The summed E-state index contributed by atoms with van der Waals surface area (Å²) in [6.45, 7) is 4.02. The monoisotopic (exact) mass is 467 g/mol. The Balaban J connectivity index is 1.39. The van der Waals surface area contributed by atoms with Gasteiger partial charge >= 0.3 is 0 Å². The summed E-state index contributed by atoms with van der Waals surface area (Å²) in [7, 11) is 0. The molecule has 2 aromatic carbocycles. The molecule has 0 saturated carbocycles. The van der Waals surface area contributed by atoms with Gasteiger partial charge in [0.2, 0.25) is 0 Å². The number of nitrogens with zero attached hydrogens (tertiary/aromatic N) is 4. The van der Waals surface area contributed by atoms with Gasteiger partial charge in [0.15, 0.2) is 0 Å². The van der Waals surface area contributed by atoms with Gasteiger partial charge in [0.25, 0.3) is 5.91 Å². The molecule has 1 saturated heterocycles. The SMILES string of the molecule is N#CCCCN1CCN(C(=O)c2ccc(-c3cc(-c4ccc(Cl)cc4Cl)[nH]n3)cc2)CC1. The summed E-state index contributed by atoms with van der Waals surface area (Å²) in [6, 6.07) is 17.0. The number of benzene rings is 2. The topological polar surface area (TPSA) is 76.0 Å². The average Bonchev–Trinajstić information content (AvgIpc) is 3.29. The van der Waals surface area contributed by atoms with Gasteiger partial charge in [-0.3, -0.25) is 14.8 Å². The first-order valence-electron chi connectivity index (χ1n) is 10.5. The van der Waals surface area contributed by atoms with Gasteiger partial charge in [0.1, 0.15) is 0 Å². The van der Waals surface area contributed by atoms with Crippen LogP contribution in [0.4, 0.5) is 0 Å². The van der Waals surface area contributed by atoms with Gasteiger partial charge in [-0.15, -0.1) is 0 Å². The molecule has 4 rings (SSSR count). The third-order valence-electron chi connectivity index (χ3n) is 5.65. The molecule has 0 radical (unpaired) electrons. The second kappa shape index (κ2) is 10.2. The number of piperazine rings is 1. The maximum atomic E-state index is 12.9. The molecule has 8 heteroatoms. The van der Waals surface area contributed by atoms with E-state index in [1.54, 1.807) is 12.1 Å². The number of aromatic amines is 1. The van der Waals surface area contributed by atoms with Crippen molar-refractivity contribution in [1.82, 2.24) is 20.0 Å². The highest BCUT2D eigenvalue weighted by molar-refractivity contribution is 6.36. The van der Waals surface area contributed by atoms with Gasteiger partial charge in [-0.2, -0.15) is 10.4 Å². The van der Waals surface area contributed by atoms with Crippen LogP contribution < -0.4 is 0 Å². The Hall–Kier alpha value is -2.85. The van der Waals surface area contributed by atoms with Crippen LogP contribution in [-0.2, 0) is 0 Å². The quantitative estimate of drug-likeness (QED) is 0.510. The van der Waals surface area contributed by atoms with Crippen LogP contribution in [0.3, 0.4) is 0 Å². The molecule has 164 valence electrons. The van der Waals surface area contributed by atoms with Crippen LogP contribution in [0.2, 0.25) is 10.0 Å². The van der Waals surface area contributed by atoms with Crippen LogP contribution in [0.25, 0.3) is 22.5 Å². The summed E-state index contributed by atoms with van der Waals surface area (Å²) in [4.78, 5) is 17.1. The number of halogens is 2. The van der Waals surface area contributed by atoms with Gasteiger partial charge in [0.05, 0.1) is 22.5 Å². The Labute approximate surface area is 197 Å². The minimum Gasteiger partial charge on any atom is -0.336 e. The number of hydrogen-bond donors (Lipinski definition) is 1. The molecule has 0 aliphatic carbocycles. The van der Waals surface area contributed by atoms with E-state index in [0.717, 1.165) is 48.6 Å². The van der Waals surface area contributed by atoms with Crippen molar-refractivity contribution >= 4 is 29.1 Å².